The minimum Gasteiger partial charge on any atom is -0.461 e. The maximum atomic E-state index is 12.3. The van der Waals surface area contributed by atoms with Crippen molar-refractivity contribution in [2.24, 2.45) is 0 Å². The third-order valence-electron chi connectivity index (χ3n) is 3.57. The van der Waals surface area contributed by atoms with Crippen LogP contribution in [0.4, 0.5) is 5.69 Å². The molecular weight excluding hydrogens is 388 g/mol. The molecule has 7 nitrogen and oxygen atoms in total. The van der Waals surface area contributed by atoms with Crippen LogP contribution in [-0.2, 0) is 4.74 Å². The van der Waals surface area contributed by atoms with Crippen LogP contribution in [0.15, 0.2) is 35.1 Å². The van der Waals surface area contributed by atoms with E-state index < -0.39 is 5.97 Å². The first-order chi connectivity index (χ1) is 12.0. The second-order valence-corrected chi connectivity index (χ2v) is 6.03. The van der Waals surface area contributed by atoms with Crippen LogP contribution in [0.5, 0.6) is 0 Å². The number of nitrogens with one attached hydrogen (secondary N) is 2. The highest BCUT2D eigenvalue weighted by molar-refractivity contribution is 9.10. The number of H-pyrrole nitrogens is 1. The lowest BCUT2D eigenvalue weighted by molar-refractivity contribution is 0.0519. The highest BCUT2D eigenvalue weighted by atomic mass is 79.9. The molecule has 2 aromatic heterocycles. The molecule has 0 unspecified atom stereocenters. The smallest absolute Gasteiger partial charge is 0.355 e. The number of hydrogen-bond donors (Lipinski definition) is 2. The molecule has 1 aromatic carbocycles. The minimum atomic E-state index is -0.439. The van der Waals surface area contributed by atoms with E-state index >= 15 is 0 Å². The third kappa shape index (κ3) is 3.39. The van der Waals surface area contributed by atoms with E-state index in [-0.39, 0.29) is 11.6 Å². The standard InChI is InChI=1S/C17H15BrN4O3/c1-3-25-17(24)15-13(18)11-8-10(4-5-12(11)22-15)21-16(23)14-9(2)19-6-7-20-14/h4-8,22H,3H2,1-2H3,(H,21,23). The van der Waals surface area contributed by atoms with E-state index in [2.05, 4.69) is 36.2 Å². The molecule has 0 aliphatic carbocycles. The Bertz CT molecular complexity index is 968. The van der Waals surface area contributed by atoms with Crippen LogP contribution in [0.25, 0.3) is 10.9 Å². The Morgan fingerprint density at radius 2 is 2.04 bits per heavy atom. The second-order valence-electron chi connectivity index (χ2n) is 5.24. The molecule has 0 aliphatic heterocycles. The molecule has 0 spiro atoms. The largest absolute Gasteiger partial charge is 0.461 e. The zero-order valence-corrected chi connectivity index (χ0v) is 15.2. The van der Waals surface area contributed by atoms with Gasteiger partial charge in [0.15, 0.2) is 0 Å². The molecule has 0 radical (unpaired) electrons. The van der Waals surface area contributed by atoms with E-state index in [1.165, 1.54) is 12.4 Å². The lowest BCUT2D eigenvalue weighted by atomic mass is 10.2. The lowest BCUT2D eigenvalue weighted by Crippen LogP contribution is -2.15. The third-order valence-corrected chi connectivity index (χ3v) is 4.39. The van der Waals surface area contributed by atoms with Gasteiger partial charge in [-0.15, -0.1) is 0 Å². The molecule has 0 aliphatic rings. The molecule has 8 heteroatoms. The van der Waals surface area contributed by atoms with Crippen molar-refractivity contribution in [1.29, 1.82) is 0 Å². The molecule has 0 atom stereocenters. The Morgan fingerprint density at radius 3 is 2.76 bits per heavy atom. The molecule has 2 N–H and O–H groups in total. The van der Waals surface area contributed by atoms with Crippen molar-refractivity contribution < 1.29 is 14.3 Å². The fourth-order valence-corrected chi connectivity index (χ4v) is 2.99. The number of anilines is 1. The highest BCUT2D eigenvalue weighted by Gasteiger charge is 2.18. The summed E-state index contributed by atoms with van der Waals surface area (Å²) >= 11 is 3.41. The zero-order valence-electron chi connectivity index (χ0n) is 13.6. The number of benzene rings is 1. The molecule has 0 fully saturated rings. The number of ether oxygens (including phenoxy) is 1. The van der Waals surface area contributed by atoms with Gasteiger partial charge >= 0.3 is 5.97 Å². The summed E-state index contributed by atoms with van der Waals surface area (Å²) in [6.07, 6.45) is 3.01. The summed E-state index contributed by atoms with van der Waals surface area (Å²) in [5.41, 5.74) is 2.49. The van der Waals surface area contributed by atoms with Crippen LogP contribution in [0.1, 0.15) is 33.6 Å². The van der Waals surface area contributed by atoms with Gasteiger partial charge < -0.3 is 15.0 Å². The number of fused-ring (bicyclic) bond motifs is 1. The first-order valence-corrected chi connectivity index (χ1v) is 8.38. The van der Waals surface area contributed by atoms with Gasteiger partial charge in [0, 0.05) is 29.0 Å². The summed E-state index contributed by atoms with van der Waals surface area (Å²) in [5, 5.41) is 3.55. The van der Waals surface area contributed by atoms with Crippen LogP contribution in [-0.4, -0.2) is 33.4 Å². The van der Waals surface area contributed by atoms with Crippen molar-refractivity contribution in [3.05, 3.63) is 52.1 Å². The van der Waals surface area contributed by atoms with Gasteiger partial charge in [0.2, 0.25) is 0 Å². The minimum absolute atomic E-state index is 0.267. The Hall–Kier alpha value is -2.74. The molecule has 25 heavy (non-hydrogen) atoms. The quantitative estimate of drug-likeness (QED) is 0.651. The molecule has 1 amide bonds. The monoisotopic (exact) mass is 402 g/mol. The van der Waals surface area contributed by atoms with Gasteiger partial charge in [0.05, 0.1) is 16.8 Å². The molecule has 128 valence electrons. The maximum absolute atomic E-state index is 12.3. The summed E-state index contributed by atoms with van der Waals surface area (Å²) in [5.74, 6) is -0.784. The van der Waals surface area contributed by atoms with E-state index in [9.17, 15) is 9.59 Å². The summed E-state index contributed by atoms with van der Waals surface area (Å²) in [4.78, 5) is 35.4. The van der Waals surface area contributed by atoms with Crippen molar-refractivity contribution in [2.45, 2.75) is 13.8 Å². The van der Waals surface area contributed by atoms with Gasteiger partial charge in [-0.3, -0.25) is 9.78 Å². The Labute approximate surface area is 151 Å². The molecule has 2 heterocycles. The van der Waals surface area contributed by atoms with Crippen molar-refractivity contribution >= 4 is 44.4 Å². The molecule has 0 bridgehead atoms. The normalized spacial score (nSPS) is 10.7. The number of carbonyl (C=O) groups is 2. The topological polar surface area (TPSA) is 97.0 Å². The number of amides is 1. The van der Waals surface area contributed by atoms with Gasteiger partial charge in [-0.2, -0.15) is 0 Å². The molecule has 0 saturated carbocycles. The predicted octanol–water partition coefficient (Wildman–Crippen LogP) is 3.46. The summed E-state index contributed by atoms with van der Waals surface area (Å²) in [6.45, 7) is 3.76. The zero-order chi connectivity index (χ0) is 18.0. The van der Waals surface area contributed by atoms with E-state index in [4.69, 9.17) is 4.74 Å². The van der Waals surface area contributed by atoms with Crippen LogP contribution >= 0.6 is 15.9 Å². The van der Waals surface area contributed by atoms with E-state index in [0.717, 1.165) is 10.9 Å². The van der Waals surface area contributed by atoms with Gasteiger partial charge in [-0.25, -0.2) is 9.78 Å². The van der Waals surface area contributed by atoms with Crippen LogP contribution in [0.3, 0.4) is 0 Å². The van der Waals surface area contributed by atoms with Crippen molar-refractivity contribution in [2.75, 3.05) is 11.9 Å². The summed E-state index contributed by atoms with van der Waals surface area (Å²) < 4.78 is 5.61. The summed E-state index contributed by atoms with van der Waals surface area (Å²) in [7, 11) is 0. The van der Waals surface area contributed by atoms with Crippen LogP contribution in [0.2, 0.25) is 0 Å². The Kier molecular flexibility index (Phi) is 4.80. The van der Waals surface area contributed by atoms with Crippen molar-refractivity contribution in [1.82, 2.24) is 15.0 Å². The number of nitrogens with zero attached hydrogens (tertiary/aromatic N) is 2. The molecular formula is C17H15BrN4O3. The number of hydrogen-bond acceptors (Lipinski definition) is 5. The predicted molar refractivity (Wildman–Crippen MR) is 96.7 cm³/mol. The fourth-order valence-electron chi connectivity index (χ4n) is 2.40. The van der Waals surface area contributed by atoms with Crippen LogP contribution in [0, 0.1) is 6.92 Å². The van der Waals surface area contributed by atoms with Crippen molar-refractivity contribution in [3.63, 3.8) is 0 Å². The van der Waals surface area contributed by atoms with E-state index in [1.54, 1.807) is 32.0 Å². The van der Waals surface area contributed by atoms with Gasteiger partial charge in [-0.1, -0.05) is 0 Å². The summed E-state index contributed by atoms with van der Waals surface area (Å²) in [6, 6.07) is 5.29. The number of aryl methyl sites for hydroxylation is 1. The average molecular weight is 403 g/mol. The lowest BCUT2D eigenvalue weighted by Gasteiger charge is -2.06. The number of rotatable bonds is 4. The molecule has 3 aromatic rings. The first kappa shape index (κ1) is 17.1. The van der Waals surface area contributed by atoms with Gasteiger partial charge in [0.1, 0.15) is 11.4 Å². The van der Waals surface area contributed by atoms with Crippen molar-refractivity contribution in [3.8, 4) is 0 Å². The Balaban J connectivity index is 1.91. The highest BCUT2D eigenvalue weighted by Crippen LogP contribution is 2.30. The first-order valence-electron chi connectivity index (χ1n) is 7.58. The fraction of sp³-hybridized carbons (Fsp3) is 0.176. The molecule has 0 saturated heterocycles. The number of esters is 1. The number of aromatic nitrogens is 3. The number of halogens is 1. The van der Waals surface area contributed by atoms with Gasteiger partial charge in [-0.05, 0) is 48.0 Å². The van der Waals surface area contributed by atoms with Gasteiger partial charge in [0.25, 0.3) is 5.91 Å². The maximum Gasteiger partial charge on any atom is 0.355 e. The second kappa shape index (κ2) is 7.02. The van der Waals surface area contributed by atoms with E-state index in [1.807, 2.05) is 0 Å². The Morgan fingerprint density at radius 1 is 1.28 bits per heavy atom. The van der Waals surface area contributed by atoms with Crippen LogP contribution < -0.4 is 5.32 Å². The SMILES string of the molecule is CCOC(=O)c1[nH]c2ccc(NC(=O)c3nccnc3C)cc2c1Br. The molecule has 3 rings (SSSR count). The average Bonchev–Trinajstić information content (AvgIpc) is 2.92. The number of aromatic amines is 1. The number of carbonyl (C=O) groups excluding carboxylic acids is 2. The van der Waals surface area contributed by atoms with E-state index in [0.29, 0.717) is 28.2 Å².